The van der Waals surface area contributed by atoms with Gasteiger partial charge < -0.3 is 9.80 Å². The highest BCUT2D eigenvalue weighted by Crippen LogP contribution is 2.29. The molecule has 0 saturated carbocycles. The lowest BCUT2D eigenvalue weighted by atomic mass is 10.0. The van der Waals surface area contributed by atoms with Gasteiger partial charge in [0.2, 0.25) is 16.0 Å². The number of nitriles is 1. The smallest absolute Gasteiger partial charge is 0.243 e. The molecule has 0 unspecified atom stereocenters. The maximum absolute atomic E-state index is 14.4. The third kappa shape index (κ3) is 6.61. The van der Waals surface area contributed by atoms with Gasteiger partial charge >= 0.3 is 0 Å². The van der Waals surface area contributed by atoms with Gasteiger partial charge in [-0.1, -0.05) is 24.3 Å². The fraction of sp³-hybridized carbons (Fsp3) is 0.294. The Balaban J connectivity index is 1.21. The first-order valence-electron chi connectivity index (χ1n) is 15.2. The number of carbonyl (C=O) groups excluding carboxylic acids is 1. The number of nitrogens with zero attached hydrogens (tertiary/aromatic N) is 6. The quantitative estimate of drug-likeness (QED) is 0.252. The zero-order valence-electron chi connectivity index (χ0n) is 25.0. The third-order valence-electron chi connectivity index (χ3n) is 8.46. The molecule has 9 nitrogen and oxygen atoms in total. The minimum Gasteiger partial charge on any atom is -0.366 e. The zero-order valence-corrected chi connectivity index (χ0v) is 25.8. The van der Waals surface area contributed by atoms with Crippen LogP contribution in [0.4, 0.5) is 20.4 Å². The predicted octanol–water partition coefficient (Wildman–Crippen LogP) is 4.98. The molecule has 1 atom stereocenters. The maximum atomic E-state index is 14.4. The number of aryl methyl sites for hydroxylation is 1. The van der Waals surface area contributed by atoms with E-state index in [0.717, 1.165) is 17.7 Å². The summed E-state index contributed by atoms with van der Waals surface area (Å²) >= 11 is 0. The van der Waals surface area contributed by atoms with Crippen LogP contribution in [0, 0.1) is 23.0 Å². The standard InChI is InChI=1S/C34H32F2N6O3S/c35-26-11-14-28(15-12-26)46(44,45)42-17-3-6-32(42)33(43)16-13-27-22-30(25-9-7-24(23-37)8-10-25)39-34(38-27)41-20-18-40(19-21-41)31-5-2-1-4-29(31)36/h1-2,4-5,7-12,14-15,22,32H,3,6,13,16-21H2/t32-/m0/s1. The minimum absolute atomic E-state index is 0.0452. The van der Waals surface area contributed by atoms with Gasteiger partial charge in [0, 0.05) is 50.4 Å². The number of rotatable bonds is 9. The van der Waals surface area contributed by atoms with Gasteiger partial charge in [0.15, 0.2) is 5.78 Å². The Bertz CT molecular complexity index is 1870. The molecule has 46 heavy (non-hydrogen) atoms. The summed E-state index contributed by atoms with van der Waals surface area (Å²) in [4.78, 5) is 27.1. The molecule has 0 aliphatic carbocycles. The number of anilines is 2. The molecular formula is C34H32F2N6O3S. The molecular weight excluding hydrogens is 610 g/mol. The molecule has 2 aliphatic rings. The van der Waals surface area contributed by atoms with E-state index in [2.05, 4.69) is 6.07 Å². The Labute approximate surface area is 266 Å². The number of aromatic nitrogens is 2. The van der Waals surface area contributed by atoms with E-state index < -0.39 is 21.9 Å². The summed E-state index contributed by atoms with van der Waals surface area (Å²) in [7, 11) is -3.97. The van der Waals surface area contributed by atoms with E-state index in [9.17, 15) is 27.3 Å². The van der Waals surface area contributed by atoms with Gasteiger partial charge in [0.1, 0.15) is 11.6 Å². The van der Waals surface area contributed by atoms with Crippen LogP contribution in [0.1, 0.15) is 30.5 Å². The molecule has 0 amide bonds. The van der Waals surface area contributed by atoms with E-state index in [1.807, 2.05) is 34.1 Å². The Morgan fingerprint density at radius 3 is 2.28 bits per heavy atom. The molecule has 3 heterocycles. The van der Waals surface area contributed by atoms with Crippen LogP contribution in [0.5, 0.6) is 0 Å². The third-order valence-corrected chi connectivity index (χ3v) is 10.4. The Hall–Kier alpha value is -4.73. The number of halogens is 2. The van der Waals surface area contributed by atoms with Crippen LogP contribution < -0.4 is 9.80 Å². The average Bonchev–Trinajstić information content (AvgIpc) is 3.59. The highest BCUT2D eigenvalue weighted by molar-refractivity contribution is 7.89. The van der Waals surface area contributed by atoms with Crippen molar-refractivity contribution in [3.8, 4) is 17.3 Å². The lowest BCUT2D eigenvalue weighted by Crippen LogP contribution is -2.47. The zero-order chi connectivity index (χ0) is 32.3. The monoisotopic (exact) mass is 642 g/mol. The van der Waals surface area contributed by atoms with Crippen molar-refractivity contribution in [3.63, 3.8) is 0 Å². The summed E-state index contributed by atoms with van der Waals surface area (Å²) < 4.78 is 55.7. The molecule has 0 radical (unpaired) electrons. The number of hydrogen-bond donors (Lipinski definition) is 0. The van der Waals surface area contributed by atoms with Crippen LogP contribution >= 0.6 is 0 Å². The fourth-order valence-electron chi connectivity index (χ4n) is 5.98. The van der Waals surface area contributed by atoms with Crippen LogP contribution in [0.2, 0.25) is 0 Å². The van der Waals surface area contributed by atoms with Gasteiger partial charge in [-0.3, -0.25) is 4.79 Å². The maximum Gasteiger partial charge on any atom is 0.243 e. The van der Waals surface area contributed by atoms with Crippen LogP contribution in [0.15, 0.2) is 83.8 Å². The average molecular weight is 643 g/mol. The lowest BCUT2D eigenvalue weighted by molar-refractivity contribution is -0.122. The van der Waals surface area contributed by atoms with Crippen molar-refractivity contribution in [1.82, 2.24) is 14.3 Å². The van der Waals surface area contributed by atoms with Crippen LogP contribution in [0.3, 0.4) is 0 Å². The Morgan fingerprint density at radius 1 is 0.891 bits per heavy atom. The summed E-state index contributed by atoms with van der Waals surface area (Å²) in [6, 6.07) is 21.5. The number of piperazine rings is 1. The van der Waals surface area contributed by atoms with Gasteiger partial charge in [-0.2, -0.15) is 9.57 Å². The molecule has 4 aromatic rings. The molecule has 3 aromatic carbocycles. The SMILES string of the molecule is N#Cc1ccc(-c2cc(CCC(=O)[C@@H]3CCCN3S(=O)(=O)c3ccc(F)cc3)nc(N3CCN(c4ccccc4F)CC3)n2)cc1. The van der Waals surface area contributed by atoms with E-state index in [0.29, 0.717) is 67.6 Å². The van der Waals surface area contributed by atoms with Crippen molar-refractivity contribution in [1.29, 1.82) is 5.26 Å². The number of Topliss-reactive ketones (excluding diaryl/α,β-unsaturated/α-hetero) is 1. The molecule has 2 saturated heterocycles. The van der Waals surface area contributed by atoms with E-state index >= 15 is 0 Å². The number of ketones is 1. The first-order valence-corrected chi connectivity index (χ1v) is 16.6. The number of para-hydroxylation sites is 1. The number of sulfonamides is 1. The van der Waals surface area contributed by atoms with Crippen molar-refractivity contribution in [2.45, 2.75) is 36.6 Å². The second-order valence-electron chi connectivity index (χ2n) is 11.4. The molecule has 2 fully saturated rings. The van der Waals surface area contributed by atoms with E-state index in [1.54, 1.807) is 24.3 Å². The van der Waals surface area contributed by atoms with Crippen LogP contribution in [-0.4, -0.2) is 67.2 Å². The lowest BCUT2D eigenvalue weighted by Gasteiger charge is -2.36. The van der Waals surface area contributed by atoms with Crippen LogP contribution in [-0.2, 0) is 21.2 Å². The van der Waals surface area contributed by atoms with Gasteiger partial charge in [-0.05, 0) is 73.9 Å². The molecule has 0 bridgehead atoms. The molecule has 2 aliphatic heterocycles. The molecule has 0 N–H and O–H groups in total. The van der Waals surface area contributed by atoms with E-state index in [4.69, 9.17) is 9.97 Å². The van der Waals surface area contributed by atoms with Gasteiger partial charge in [-0.25, -0.2) is 27.2 Å². The van der Waals surface area contributed by atoms with Crippen molar-refractivity contribution in [2.24, 2.45) is 0 Å². The Kier molecular flexibility index (Phi) is 9.05. The Morgan fingerprint density at radius 2 is 1.59 bits per heavy atom. The first-order chi connectivity index (χ1) is 22.2. The minimum atomic E-state index is -3.97. The molecule has 12 heteroatoms. The van der Waals surface area contributed by atoms with Crippen molar-refractivity contribution < 1.29 is 22.0 Å². The number of carbonyl (C=O) groups is 1. The van der Waals surface area contributed by atoms with Crippen molar-refractivity contribution in [3.05, 3.63) is 102 Å². The largest absolute Gasteiger partial charge is 0.366 e. The highest BCUT2D eigenvalue weighted by atomic mass is 32.2. The second kappa shape index (κ2) is 13.3. The first kappa shape index (κ1) is 31.3. The molecule has 1 aromatic heterocycles. The number of hydrogen-bond acceptors (Lipinski definition) is 8. The van der Waals surface area contributed by atoms with Gasteiger partial charge in [-0.15, -0.1) is 0 Å². The highest BCUT2D eigenvalue weighted by Gasteiger charge is 2.39. The second-order valence-corrected chi connectivity index (χ2v) is 13.2. The van der Waals surface area contributed by atoms with E-state index in [-0.39, 0.29) is 35.9 Å². The molecule has 236 valence electrons. The summed E-state index contributed by atoms with van der Waals surface area (Å²) in [6.07, 6.45) is 1.31. The summed E-state index contributed by atoms with van der Waals surface area (Å²) in [5.41, 5.74) is 3.11. The van der Waals surface area contributed by atoms with Gasteiger partial charge in [0.25, 0.3) is 0 Å². The van der Waals surface area contributed by atoms with E-state index in [1.165, 1.54) is 22.5 Å². The summed E-state index contributed by atoms with van der Waals surface area (Å²) in [5, 5.41) is 9.24. The topological polar surface area (TPSA) is 110 Å². The number of benzene rings is 3. The van der Waals surface area contributed by atoms with Crippen molar-refractivity contribution >= 4 is 27.4 Å². The van der Waals surface area contributed by atoms with Crippen molar-refractivity contribution in [2.75, 3.05) is 42.5 Å². The van der Waals surface area contributed by atoms with Crippen LogP contribution in [0.25, 0.3) is 11.3 Å². The predicted molar refractivity (Wildman–Crippen MR) is 170 cm³/mol. The molecule has 0 spiro atoms. The fourth-order valence-corrected chi connectivity index (χ4v) is 7.66. The normalized spacial score (nSPS) is 17.2. The van der Waals surface area contributed by atoms with Gasteiger partial charge in [0.05, 0.1) is 34.0 Å². The molecule has 6 rings (SSSR count). The summed E-state index contributed by atoms with van der Waals surface area (Å²) in [5.74, 6) is -0.529. The summed E-state index contributed by atoms with van der Waals surface area (Å²) in [6.45, 7) is 2.47.